The number of rotatable bonds is 4. The van der Waals surface area contributed by atoms with Crippen molar-refractivity contribution < 1.29 is 14.3 Å². The lowest BCUT2D eigenvalue weighted by atomic mass is 10.1. The average Bonchev–Trinajstić information content (AvgIpc) is 3.20. The van der Waals surface area contributed by atoms with E-state index >= 15 is 0 Å². The molecule has 0 saturated heterocycles. The summed E-state index contributed by atoms with van der Waals surface area (Å²) in [5, 5.41) is 12.7. The van der Waals surface area contributed by atoms with E-state index in [0.29, 0.717) is 0 Å². The molecule has 1 aromatic heterocycles. The quantitative estimate of drug-likeness (QED) is 0.651. The van der Waals surface area contributed by atoms with Crippen LogP contribution in [0.5, 0.6) is 5.88 Å². The van der Waals surface area contributed by atoms with Gasteiger partial charge in [-0.05, 0) is 24.3 Å². The molecular formula is C20H15FN4O3. The first-order chi connectivity index (χ1) is 13.5. The number of carbonyl (C=O) groups excluding carboxylic acids is 1. The molecule has 2 aromatic carbocycles. The smallest absolute Gasteiger partial charge is 0.329 e. The van der Waals surface area contributed by atoms with E-state index in [1.165, 1.54) is 18.2 Å². The summed E-state index contributed by atoms with van der Waals surface area (Å²) in [6.45, 7) is -0.469. The van der Waals surface area contributed by atoms with Gasteiger partial charge in [0.2, 0.25) is 11.8 Å². The molecule has 0 bridgehead atoms. The Hall–Kier alpha value is -3.94. The number of aromatic hydroxyl groups is 1. The number of carbonyl (C=O) groups is 1. The second-order valence-electron chi connectivity index (χ2n) is 6.16. The lowest BCUT2D eigenvalue weighted by molar-refractivity contribution is -0.116. The molecule has 1 aliphatic rings. The minimum Gasteiger partial charge on any atom is -0.493 e. The highest BCUT2D eigenvalue weighted by Gasteiger charge is 2.18. The number of nitrogens with zero attached hydrogens (tertiary/aromatic N) is 2. The van der Waals surface area contributed by atoms with Gasteiger partial charge in [0, 0.05) is 17.4 Å². The fraction of sp³-hybridized carbons (Fsp3) is 0.0500. The molecule has 28 heavy (non-hydrogen) atoms. The van der Waals surface area contributed by atoms with Crippen molar-refractivity contribution in [2.75, 3.05) is 5.32 Å². The predicted molar refractivity (Wildman–Crippen MR) is 104 cm³/mol. The Balaban J connectivity index is 1.58. The highest BCUT2D eigenvalue weighted by molar-refractivity contribution is 6.21. The number of anilines is 1. The summed E-state index contributed by atoms with van der Waals surface area (Å²) in [6.07, 6.45) is 3.21. The Kier molecular flexibility index (Phi) is 4.36. The van der Waals surface area contributed by atoms with Crippen LogP contribution in [0.15, 0.2) is 58.3 Å². The number of hydrogen-bond donors (Lipinski definition) is 3. The number of benzene rings is 2. The second-order valence-corrected chi connectivity index (χ2v) is 6.16. The van der Waals surface area contributed by atoms with Gasteiger partial charge in [-0.2, -0.15) is 0 Å². The number of para-hydroxylation sites is 2. The lowest BCUT2D eigenvalue weighted by Crippen LogP contribution is -2.26. The number of halogens is 1. The number of aromatic nitrogens is 2. The molecule has 7 nitrogen and oxygen atoms in total. The third-order valence-electron chi connectivity index (χ3n) is 4.29. The molecule has 8 heteroatoms. The molecule has 140 valence electrons. The molecule has 0 radical (unpaired) electrons. The van der Waals surface area contributed by atoms with Gasteiger partial charge in [-0.15, -0.1) is 0 Å². The largest absolute Gasteiger partial charge is 0.493 e. The summed E-state index contributed by atoms with van der Waals surface area (Å²) in [5.74, 6) is -1.63. The van der Waals surface area contributed by atoms with Crippen molar-refractivity contribution in [3.63, 3.8) is 0 Å². The van der Waals surface area contributed by atoms with Crippen LogP contribution in [0.2, 0.25) is 0 Å². The Morgan fingerprint density at radius 2 is 1.96 bits per heavy atom. The molecular weight excluding hydrogens is 363 g/mol. The van der Waals surface area contributed by atoms with E-state index < -0.39 is 24.0 Å². The molecule has 3 aromatic rings. The van der Waals surface area contributed by atoms with Crippen LogP contribution in [0.1, 0.15) is 11.3 Å². The monoisotopic (exact) mass is 378 g/mol. The van der Waals surface area contributed by atoms with E-state index in [0.717, 1.165) is 21.4 Å². The summed E-state index contributed by atoms with van der Waals surface area (Å²) in [7, 11) is 0. The van der Waals surface area contributed by atoms with Crippen molar-refractivity contribution in [2.45, 2.75) is 6.54 Å². The van der Waals surface area contributed by atoms with Crippen LogP contribution in [0, 0.1) is 5.82 Å². The van der Waals surface area contributed by atoms with E-state index in [-0.39, 0.29) is 17.3 Å². The fourth-order valence-electron chi connectivity index (χ4n) is 2.93. The highest BCUT2D eigenvalue weighted by atomic mass is 19.1. The summed E-state index contributed by atoms with van der Waals surface area (Å²) in [4.78, 5) is 31.1. The first kappa shape index (κ1) is 17.5. The van der Waals surface area contributed by atoms with Crippen LogP contribution in [0.25, 0.3) is 11.6 Å². The van der Waals surface area contributed by atoms with Crippen LogP contribution in [-0.4, -0.2) is 26.8 Å². The predicted octanol–water partition coefficient (Wildman–Crippen LogP) is 2.92. The van der Waals surface area contributed by atoms with Crippen molar-refractivity contribution in [2.24, 2.45) is 4.99 Å². The zero-order valence-corrected chi connectivity index (χ0v) is 14.5. The standard InChI is InChI=1S/C20H15FN4O3/c21-14-6-2-4-8-16(14)23-18(26)11-25-19(27)17(24-20(25)28)9-12-10-22-15-7-3-1-5-13(12)15/h1-10,27H,11H2,(H,23,26)(H,24,28). The molecule has 0 aliphatic carbocycles. The van der Waals surface area contributed by atoms with E-state index in [1.54, 1.807) is 18.4 Å². The molecule has 1 amide bonds. The van der Waals surface area contributed by atoms with Gasteiger partial charge in [0.15, 0.2) is 0 Å². The third-order valence-corrected chi connectivity index (χ3v) is 4.29. The van der Waals surface area contributed by atoms with E-state index in [1.807, 2.05) is 24.3 Å². The maximum Gasteiger partial charge on any atom is 0.329 e. The van der Waals surface area contributed by atoms with Crippen molar-refractivity contribution in [1.29, 1.82) is 0 Å². The summed E-state index contributed by atoms with van der Waals surface area (Å²) in [5.41, 5.74) is 1.87. The van der Waals surface area contributed by atoms with E-state index in [4.69, 9.17) is 0 Å². The van der Waals surface area contributed by atoms with E-state index in [2.05, 4.69) is 15.3 Å². The Labute approximate surface area is 158 Å². The van der Waals surface area contributed by atoms with Crippen LogP contribution < -0.4 is 11.0 Å². The minimum atomic E-state index is -0.656. The normalized spacial score (nSPS) is 13.7. The SMILES string of the molecule is O=C(Cn1c(O)c(C=C2C=Nc3ccccc32)[nH]c1=O)Nc1ccccc1F. The molecule has 0 atom stereocenters. The molecule has 0 saturated carbocycles. The van der Waals surface area contributed by atoms with Crippen LogP contribution >= 0.6 is 0 Å². The van der Waals surface area contributed by atoms with Crippen LogP contribution in [0.4, 0.5) is 15.8 Å². The number of hydrogen-bond acceptors (Lipinski definition) is 4. The number of aromatic amines is 1. The van der Waals surface area contributed by atoms with Gasteiger partial charge in [-0.1, -0.05) is 30.3 Å². The van der Waals surface area contributed by atoms with Gasteiger partial charge in [0.1, 0.15) is 18.1 Å². The topological polar surface area (TPSA) is 99.5 Å². The van der Waals surface area contributed by atoms with Gasteiger partial charge in [-0.3, -0.25) is 14.4 Å². The number of allylic oxidation sites excluding steroid dienone is 1. The first-order valence-electron chi connectivity index (χ1n) is 8.44. The fourth-order valence-corrected chi connectivity index (χ4v) is 2.93. The molecule has 3 N–H and O–H groups in total. The Morgan fingerprint density at radius 3 is 2.79 bits per heavy atom. The summed E-state index contributed by atoms with van der Waals surface area (Å²) >= 11 is 0. The van der Waals surface area contributed by atoms with Crippen LogP contribution in [0.3, 0.4) is 0 Å². The van der Waals surface area contributed by atoms with Gasteiger partial charge in [0.25, 0.3) is 0 Å². The van der Waals surface area contributed by atoms with Crippen molar-refractivity contribution in [1.82, 2.24) is 9.55 Å². The molecule has 0 unspecified atom stereocenters. The zero-order valence-electron chi connectivity index (χ0n) is 14.5. The maximum atomic E-state index is 13.6. The molecule has 1 aliphatic heterocycles. The Bertz CT molecular complexity index is 1190. The van der Waals surface area contributed by atoms with Crippen molar-refractivity contribution in [3.05, 3.63) is 76.1 Å². The molecule has 2 heterocycles. The number of aliphatic imine (C=N–C) groups is 1. The molecule has 4 rings (SSSR count). The lowest BCUT2D eigenvalue weighted by Gasteiger charge is -2.07. The van der Waals surface area contributed by atoms with Crippen molar-refractivity contribution in [3.8, 4) is 5.88 Å². The summed E-state index contributed by atoms with van der Waals surface area (Å²) in [6, 6.07) is 13.1. The number of fused-ring (bicyclic) bond motifs is 1. The number of H-pyrrole nitrogens is 1. The highest BCUT2D eigenvalue weighted by Crippen LogP contribution is 2.32. The van der Waals surface area contributed by atoms with Gasteiger partial charge >= 0.3 is 5.69 Å². The molecule has 0 fully saturated rings. The Morgan fingerprint density at radius 1 is 1.21 bits per heavy atom. The van der Waals surface area contributed by atoms with Gasteiger partial charge in [-0.25, -0.2) is 9.18 Å². The number of nitrogens with one attached hydrogen (secondary N) is 2. The van der Waals surface area contributed by atoms with Crippen molar-refractivity contribution >= 4 is 35.1 Å². The van der Waals surface area contributed by atoms with Gasteiger partial charge < -0.3 is 15.4 Å². The number of imidazole rings is 1. The minimum absolute atomic E-state index is 0.00306. The third kappa shape index (κ3) is 3.23. The zero-order chi connectivity index (χ0) is 19.7. The van der Waals surface area contributed by atoms with Crippen LogP contribution in [-0.2, 0) is 11.3 Å². The summed E-state index contributed by atoms with van der Waals surface area (Å²) < 4.78 is 14.5. The van der Waals surface area contributed by atoms with E-state index in [9.17, 15) is 19.1 Å². The average molecular weight is 378 g/mol. The molecule has 0 spiro atoms. The number of amides is 1. The van der Waals surface area contributed by atoms with Gasteiger partial charge in [0.05, 0.1) is 11.4 Å². The maximum absolute atomic E-state index is 13.6. The first-order valence-corrected chi connectivity index (χ1v) is 8.44. The second kappa shape index (κ2) is 6.99.